The molecule has 1 aromatic carbocycles. The topological polar surface area (TPSA) is 35.3 Å². The van der Waals surface area contributed by atoms with Crippen molar-refractivity contribution in [2.75, 3.05) is 6.61 Å². The van der Waals surface area contributed by atoms with Crippen molar-refractivity contribution in [3.8, 4) is 17.3 Å². The lowest BCUT2D eigenvalue weighted by Crippen LogP contribution is -1.94. The third kappa shape index (κ3) is 2.14. The first-order valence-corrected chi connectivity index (χ1v) is 5.08. The normalized spacial score (nSPS) is 10.1. The first kappa shape index (κ1) is 10.5. The molecule has 0 bridgehead atoms. The summed E-state index contributed by atoms with van der Waals surface area (Å²) in [6, 6.07) is 9.73. The lowest BCUT2D eigenvalue weighted by Gasteiger charge is -1.96. The largest absolute Gasteiger partial charge is 0.471 e. The molecule has 0 fully saturated rings. The lowest BCUT2D eigenvalue weighted by atomic mass is 10.2. The highest BCUT2D eigenvalue weighted by Crippen LogP contribution is 2.25. The van der Waals surface area contributed by atoms with Gasteiger partial charge in [-0.25, -0.2) is 0 Å². The minimum atomic E-state index is 0.432. The predicted molar refractivity (Wildman–Crippen MR) is 62.4 cm³/mol. The van der Waals surface area contributed by atoms with E-state index >= 15 is 0 Å². The van der Waals surface area contributed by atoms with Gasteiger partial charge in [0.25, 0.3) is 5.88 Å². The van der Waals surface area contributed by atoms with Gasteiger partial charge in [-0.15, -0.1) is 0 Å². The molecule has 0 atom stereocenters. The van der Waals surface area contributed by atoms with Gasteiger partial charge in [0.05, 0.1) is 0 Å². The molecule has 0 unspecified atom stereocenters. The molecule has 0 saturated heterocycles. The summed E-state index contributed by atoms with van der Waals surface area (Å²) in [6.07, 6.45) is 1.68. The Balaban J connectivity index is 2.27. The van der Waals surface area contributed by atoms with Crippen LogP contribution in [0.4, 0.5) is 0 Å². The van der Waals surface area contributed by atoms with Crippen molar-refractivity contribution >= 4 is 0 Å². The van der Waals surface area contributed by atoms with Gasteiger partial charge in [0.1, 0.15) is 6.61 Å². The van der Waals surface area contributed by atoms with E-state index in [2.05, 4.69) is 11.6 Å². The molecule has 16 heavy (non-hydrogen) atoms. The highest BCUT2D eigenvalue weighted by molar-refractivity contribution is 5.53. The monoisotopic (exact) mass is 215 g/mol. The van der Waals surface area contributed by atoms with Gasteiger partial charge in [-0.05, 0) is 19.1 Å². The number of aromatic nitrogens is 1. The second-order valence-corrected chi connectivity index (χ2v) is 3.35. The van der Waals surface area contributed by atoms with Gasteiger partial charge >= 0.3 is 0 Å². The minimum absolute atomic E-state index is 0.432. The van der Waals surface area contributed by atoms with Crippen LogP contribution < -0.4 is 4.74 Å². The molecule has 3 nitrogen and oxygen atoms in total. The van der Waals surface area contributed by atoms with Gasteiger partial charge in [-0.2, -0.15) is 4.98 Å². The van der Waals surface area contributed by atoms with Gasteiger partial charge in [-0.3, -0.25) is 0 Å². The number of benzene rings is 1. The first-order valence-electron chi connectivity index (χ1n) is 5.08. The summed E-state index contributed by atoms with van der Waals surface area (Å²) in [6.45, 7) is 5.85. The molecule has 0 aliphatic rings. The SMILES string of the molecule is C=CCOc1nc(-c2ccccc2)oc1C. The third-order valence-corrected chi connectivity index (χ3v) is 2.11. The number of hydrogen-bond donors (Lipinski definition) is 0. The molecule has 0 radical (unpaired) electrons. The van der Waals surface area contributed by atoms with Crippen LogP contribution in [0, 0.1) is 6.92 Å². The number of rotatable bonds is 4. The fraction of sp³-hybridized carbons (Fsp3) is 0.154. The number of aryl methyl sites for hydroxylation is 1. The summed E-state index contributed by atoms with van der Waals surface area (Å²) >= 11 is 0. The maximum absolute atomic E-state index is 5.53. The Labute approximate surface area is 94.4 Å². The Hall–Kier alpha value is -2.03. The van der Waals surface area contributed by atoms with Crippen LogP contribution in [-0.4, -0.2) is 11.6 Å². The number of nitrogens with zero attached hydrogens (tertiary/aromatic N) is 1. The molecule has 0 saturated carbocycles. The Morgan fingerprint density at radius 3 is 2.81 bits per heavy atom. The average Bonchev–Trinajstić information content (AvgIpc) is 2.69. The molecule has 0 aliphatic heterocycles. The van der Waals surface area contributed by atoms with E-state index in [0.717, 1.165) is 5.56 Å². The maximum Gasteiger partial charge on any atom is 0.256 e. The fourth-order valence-corrected chi connectivity index (χ4v) is 1.36. The zero-order valence-corrected chi connectivity index (χ0v) is 9.14. The zero-order valence-electron chi connectivity index (χ0n) is 9.14. The second kappa shape index (κ2) is 4.66. The second-order valence-electron chi connectivity index (χ2n) is 3.35. The number of hydrogen-bond acceptors (Lipinski definition) is 3. The molecule has 82 valence electrons. The average molecular weight is 215 g/mol. The molecular formula is C13H13NO2. The van der Waals surface area contributed by atoms with Crippen LogP contribution in [-0.2, 0) is 0 Å². The Kier molecular flexibility index (Phi) is 3.05. The van der Waals surface area contributed by atoms with Crippen molar-refractivity contribution in [2.45, 2.75) is 6.92 Å². The first-order chi connectivity index (χ1) is 7.81. The van der Waals surface area contributed by atoms with E-state index in [4.69, 9.17) is 9.15 Å². The lowest BCUT2D eigenvalue weighted by molar-refractivity contribution is 0.342. The van der Waals surface area contributed by atoms with E-state index in [1.165, 1.54) is 0 Å². The van der Waals surface area contributed by atoms with Gasteiger partial charge in [0.2, 0.25) is 5.89 Å². The van der Waals surface area contributed by atoms with Crippen LogP contribution >= 0.6 is 0 Å². The summed E-state index contributed by atoms with van der Waals surface area (Å²) in [5.74, 6) is 1.79. The van der Waals surface area contributed by atoms with Gasteiger partial charge < -0.3 is 9.15 Å². The van der Waals surface area contributed by atoms with Crippen LogP contribution in [0.2, 0.25) is 0 Å². The van der Waals surface area contributed by atoms with Gasteiger partial charge in [-0.1, -0.05) is 30.9 Å². The molecule has 1 aromatic heterocycles. The molecule has 2 rings (SSSR count). The Morgan fingerprint density at radius 1 is 1.38 bits per heavy atom. The van der Waals surface area contributed by atoms with Crippen molar-refractivity contribution in [1.82, 2.24) is 4.98 Å². The minimum Gasteiger partial charge on any atom is -0.471 e. The van der Waals surface area contributed by atoms with E-state index in [9.17, 15) is 0 Å². The van der Waals surface area contributed by atoms with E-state index in [0.29, 0.717) is 24.1 Å². The van der Waals surface area contributed by atoms with Crippen LogP contribution in [0.15, 0.2) is 47.4 Å². The van der Waals surface area contributed by atoms with Crippen LogP contribution in [0.25, 0.3) is 11.5 Å². The van der Waals surface area contributed by atoms with E-state index in [1.54, 1.807) is 6.08 Å². The molecule has 0 N–H and O–H groups in total. The van der Waals surface area contributed by atoms with E-state index in [1.807, 2.05) is 37.3 Å². The van der Waals surface area contributed by atoms with Crippen molar-refractivity contribution in [1.29, 1.82) is 0 Å². The van der Waals surface area contributed by atoms with Crippen molar-refractivity contribution < 1.29 is 9.15 Å². The highest BCUT2D eigenvalue weighted by Gasteiger charge is 2.11. The van der Waals surface area contributed by atoms with Gasteiger partial charge in [0.15, 0.2) is 5.76 Å². The summed E-state index contributed by atoms with van der Waals surface area (Å²) in [5, 5.41) is 0. The molecule has 1 heterocycles. The predicted octanol–water partition coefficient (Wildman–Crippen LogP) is 3.21. The summed E-state index contributed by atoms with van der Waals surface area (Å²) < 4.78 is 10.9. The Morgan fingerprint density at radius 2 is 2.12 bits per heavy atom. The Bertz CT molecular complexity index is 474. The van der Waals surface area contributed by atoms with Crippen LogP contribution in [0.5, 0.6) is 5.88 Å². The van der Waals surface area contributed by atoms with Crippen molar-refractivity contribution in [3.63, 3.8) is 0 Å². The number of oxazole rings is 1. The maximum atomic E-state index is 5.53. The van der Waals surface area contributed by atoms with Crippen LogP contribution in [0.3, 0.4) is 0 Å². The third-order valence-electron chi connectivity index (χ3n) is 2.11. The van der Waals surface area contributed by atoms with Crippen molar-refractivity contribution in [2.24, 2.45) is 0 Å². The number of ether oxygens (including phenoxy) is 1. The molecule has 0 spiro atoms. The fourth-order valence-electron chi connectivity index (χ4n) is 1.36. The highest BCUT2D eigenvalue weighted by atomic mass is 16.5. The summed E-state index contributed by atoms with van der Waals surface area (Å²) in [7, 11) is 0. The standard InChI is InChI=1S/C13H13NO2/c1-3-9-15-12-10(2)16-13(14-12)11-7-5-4-6-8-11/h3-8H,1,9H2,2H3. The molecule has 2 aromatic rings. The summed E-state index contributed by atoms with van der Waals surface area (Å²) in [4.78, 5) is 4.28. The summed E-state index contributed by atoms with van der Waals surface area (Å²) in [5.41, 5.74) is 0.944. The smallest absolute Gasteiger partial charge is 0.256 e. The molecule has 3 heteroatoms. The van der Waals surface area contributed by atoms with E-state index in [-0.39, 0.29) is 0 Å². The molecule has 0 aliphatic carbocycles. The zero-order chi connectivity index (χ0) is 11.4. The van der Waals surface area contributed by atoms with E-state index < -0.39 is 0 Å². The van der Waals surface area contributed by atoms with Crippen LogP contribution in [0.1, 0.15) is 5.76 Å². The molecule has 0 amide bonds. The van der Waals surface area contributed by atoms with Crippen molar-refractivity contribution in [3.05, 3.63) is 48.7 Å². The van der Waals surface area contributed by atoms with Gasteiger partial charge in [0, 0.05) is 5.56 Å². The quantitative estimate of drug-likeness (QED) is 0.734. The molecular weight excluding hydrogens is 202 g/mol.